The molecule has 0 aliphatic carbocycles. The first-order valence-corrected chi connectivity index (χ1v) is 5.44. The number of rotatable bonds is 2. The van der Waals surface area contributed by atoms with Crippen molar-refractivity contribution in [2.24, 2.45) is 0 Å². The molecular weight excluding hydrogens is 314 g/mol. The Morgan fingerprint density at radius 1 is 1.50 bits per heavy atom. The lowest BCUT2D eigenvalue weighted by atomic mass is 10.1. The Labute approximate surface area is 98.9 Å². The Balaban J connectivity index is 3.00. The molecule has 0 atom stereocenters. The molecule has 0 fully saturated rings. The van der Waals surface area contributed by atoms with Crippen LogP contribution in [0.2, 0.25) is 0 Å². The van der Waals surface area contributed by atoms with Gasteiger partial charge in [0, 0.05) is 8.95 Å². The summed E-state index contributed by atoms with van der Waals surface area (Å²) in [6.45, 7) is 0. The van der Waals surface area contributed by atoms with Gasteiger partial charge in [0.1, 0.15) is 0 Å². The Hall–Kier alpha value is -0.550. The third-order valence-electron chi connectivity index (χ3n) is 1.77. The number of anilines is 1. The molecule has 0 radical (unpaired) electrons. The number of hydrogen-bond acceptors (Lipinski definition) is 3. The Kier molecular flexibility index (Phi) is 3.95. The van der Waals surface area contributed by atoms with E-state index in [1.165, 1.54) is 7.11 Å². The number of nitrogen functional groups attached to an aromatic ring is 1. The zero-order valence-electron chi connectivity index (χ0n) is 7.51. The maximum atomic E-state index is 11.0. The van der Waals surface area contributed by atoms with Gasteiger partial charge in [-0.05, 0) is 43.5 Å². The van der Waals surface area contributed by atoms with Crippen LogP contribution in [0.25, 0.3) is 0 Å². The van der Waals surface area contributed by atoms with Gasteiger partial charge in [-0.25, -0.2) is 0 Å². The second-order valence-electron chi connectivity index (χ2n) is 2.69. The molecule has 0 aliphatic heterocycles. The second kappa shape index (κ2) is 4.79. The van der Waals surface area contributed by atoms with E-state index in [1.807, 2.05) is 6.07 Å². The van der Waals surface area contributed by atoms with Crippen LogP contribution in [-0.4, -0.2) is 13.1 Å². The maximum Gasteiger partial charge on any atom is 0.310 e. The monoisotopic (exact) mass is 321 g/mol. The zero-order chi connectivity index (χ0) is 10.7. The number of ether oxygens (including phenoxy) is 1. The van der Waals surface area contributed by atoms with Gasteiger partial charge >= 0.3 is 5.97 Å². The number of carbonyl (C=O) groups excluding carboxylic acids is 1. The van der Waals surface area contributed by atoms with E-state index in [0.717, 1.165) is 14.5 Å². The molecule has 5 heteroatoms. The minimum absolute atomic E-state index is 0.217. The van der Waals surface area contributed by atoms with E-state index >= 15 is 0 Å². The van der Waals surface area contributed by atoms with Gasteiger partial charge in [0.15, 0.2) is 0 Å². The molecule has 0 aliphatic rings. The van der Waals surface area contributed by atoms with Crippen LogP contribution >= 0.6 is 31.9 Å². The van der Waals surface area contributed by atoms with Gasteiger partial charge in [0.2, 0.25) is 0 Å². The fourth-order valence-corrected chi connectivity index (χ4v) is 2.06. The van der Waals surface area contributed by atoms with Crippen molar-refractivity contribution in [1.29, 1.82) is 0 Å². The molecule has 0 spiro atoms. The molecule has 1 aromatic rings. The Morgan fingerprint density at radius 2 is 2.14 bits per heavy atom. The van der Waals surface area contributed by atoms with Gasteiger partial charge in [0.25, 0.3) is 0 Å². The fraction of sp³-hybridized carbons (Fsp3) is 0.222. The van der Waals surface area contributed by atoms with Crippen LogP contribution in [0.15, 0.2) is 21.1 Å². The topological polar surface area (TPSA) is 52.3 Å². The molecule has 0 heterocycles. The van der Waals surface area contributed by atoms with E-state index in [-0.39, 0.29) is 12.4 Å². The van der Waals surface area contributed by atoms with Crippen molar-refractivity contribution < 1.29 is 9.53 Å². The Morgan fingerprint density at radius 3 is 2.71 bits per heavy atom. The molecule has 0 amide bonds. The second-order valence-corrected chi connectivity index (χ2v) is 4.33. The molecule has 0 saturated heterocycles. The normalized spacial score (nSPS) is 9.93. The lowest BCUT2D eigenvalue weighted by molar-refractivity contribution is -0.139. The number of benzene rings is 1. The van der Waals surface area contributed by atoms with Gasteiger partial charge in [0.05, 0.1) is 19.2 Å². The van der Waals surface area contributed by atoms with Crippen molar-refractivity contribution in [3.8, 4) is 0 Å². The predicted molar refractivity (Wildman–Crippen MR) is 62.0 cm³/mol. The summed E-state index contributed by atoms with van der Waals surface area (Å²) in [4.78, 5) is 11.0. The number of nitrogens with two attached hydrogens (primary N) is 1. The number of esters is 1. The first-order chi connectivity index (χ1) is 6.56. The molecule has 3 nitrogen and oxygen atoms in total. The van der Waals surface area contributed by atoms with Crippen molar-refractivity contribution in [2.75, 3.05) is 12.8 Å². The quantitative estimate of drug-likeness (QED) is 0.672. The smallest absolute Gasteiger partial charge is 0.310 e. The highest BCUT2D eigenvalue weighted by Gasteiger charge is 2.10. The maximum absolute atomic E-state index is 11.0. The van der Waals surface area contributed by atoms with Crippen LogP contribution in [0.4, 0.5) is 5.69 Å². The molecule has 1 rings (SSSR count). The van der Waals surface area contributed by atoms with Crippen molar-refractivity contribution in [3.05, 3.63) is 26.6 Å². The van der Waals surface area contributed by atoms with Crippen LogP contribution in [-0.2, 0) is 16.0 Å². The molecule has 0 saturated carbocycles. The zero-order valence-corrected chi connectivity index (χ0v) is 10.7. The standard InChI is InChI=1S/C9H9Br2NO2/c1-14-7(13)4-5-2-3-6(10)9(12)8(5)11/h2-3H,4,12H2,1H3. The van der Waals surface area contributed by atoms with E-state index in [4.69, 9.17) is 5.73 Å². The number of halogens is 2. The molecule has 1 aromatic carbocycles. The van der Waals surface area contributed by atoms with Crippen LogP contribution in [0.5, 0.6) is 0 Å². The molecule has 14 heavy (non-hydrogen) atoms. The van der Waals surface area contributed by atoms with Crippen LogP contribution in [0.1, 0.15) is 5.56 Å². The van der Waals surface area contributed by atoms with E-state index in [9.17, 15) is 4.79 Å². The highest BCUT2D eigenvalue weighted by atomic mass is 79.9. The van der Waals surface area contributed by atoms with E-state index < -0.39 is 0 Å². The van der Waals surface area contributed by atoms with Gasteiger partial charge in [-0.3, -0.25) is 4.79 Å². The predicted octanol–water partition coefficient (Wildman–Crippen LogP) is 2.51. The summed E-state index contributed by atoms with van der Waals surface area (Å²) < 4.78 is 6.10. The third kappa shape index (κ3) is 2.48. The minimum Gasteiger partial charge on any atom is -0.469 e. The number of hydrogen-bond donors (Lipinski definition) is 1. The van der Waals surface area contributed by atoms with Crippen LogP contribution in [0, 0.1) is 0 Å². The summed E-state index contributed by atoms with van der Waals surface area (Å²) in [6, 6.07) is 3.62. The SMILES string of the molecule is COC(=O)Cc1ccc(Br)c(N)c1Br. The average Bonchev–Trinajstić information content (AvgIpc) is 2.19. The van der Waals surface area contributed by atoms with Gasteiger partial charge in [-0.2, -0.15) is 0 Å². The van der Waals surface area contributed by atoms with Gasteiger partial charge in [-0.15, -0.1) is 0 Å². The summed E-state index contributed by atoms with van der Waals surface area (Å²) in [5, 5.41) is 0. The number of carbonyl (C=O) groups is 1. The number of methoxy groups -OCH3 is 1. The van der Waals surface area contributed by atoms with E-state index in [1.54, 1.807) is 6.07 Å². The molecule has 0 unspecified atom stereocenters. The van der Waals surface area contributed by atoms with Gasteiger partial charge < -0.3 is 10.5 Å². The Bertz CT molecular complexity index is 366. The summed E-state index contributed by atoms with van der Waals surface area (Å²) >= 11 is 6.62. The van der Waals surface area contributed by atoms with Crippen molar-refractivity contribution in [2.45, 2.75) is 6.42 Å². The fourth-order valence-electron chi connectivity index (χ4n) is 0.979. The molecular formula is C9H9Br2NO2. The lowest BCUT2D eigenvalue weighted by Crippen LogP contribution is -2.06. The summed E-state index contributed by atoms with van der Waals surface area (Å²) in [7, 11) is 1.36. The van der Waals surface area contributed by atoms with Gasteiger partial charge in [-0.1, -0.05) is 6.07 Å². The molecule has 0 aromatic heterocycles. The van der Waals surface area contributed by atoms with E-state index in [2.05, 4.69) is 36.6 Å². The molecule has 2 N–H and O–H groups in total. The summed E-state index contributed by atoms with van der Waals surface area (Å²) in [5.74, 6) is -0.285. The molecule has 76 valence electrons. The first kappa shape index (κ1) is 11.5. The minimum atomic E-state index is -0.285. The lowest BCUT2D eigenvalue weighted by Gasteiger charge is -2.07. The van der Waals surface area contributed by atoms with Crippen molar-refractivity contribution in [3.63, 3.8) is 0 Å². The van der Waals surface area contributed by atoms with E-state index in [0.29, 0.717) is 5.69 Å². The first-order valence-electron chi connectivity index (χ1n) is 3.85. The van der Waals surface area contributed by atoms with Crippen molar-refractivity contribution in [1.82, 2.24) is 0 Å². The molecule has 0 bridgehead atoms. The van der Waals surface area contributed by atoms with Crippen molar-refractivity contribution >= 4 is 43.5 Å². The summed E-state index contributed by atoms with van der Waals surface area (Å²) in [5.41, 5.74) is 7.16. The van der Waals surface area contributed by atoms with Crippen LogP contribution < -0.4 is 5.73 Å². The highest BCUT2D eigenvalue weighted by Crippen LogP contribution is 2.31. The van der Waals surface area contributed by atoms with Crippen LogP contribution in [0.3, 0.4) is 0 Å². The highest BCUT2D eigenvalue weighted by molar-refractivity contribution is 9.11. The third-order valence-corrected chi connectivity index (χ3v) is 3.40. The largest absolute Gasteiger partial charge is 0.469 e. The average molecular weight is 323 g/mol. The summed E-state index contributed by atoms with van der Waals surface area (Å²) in [6.07, 6.45) is 0.217.